The third kappa shape index (κ3) is 10.6. The van der Waals surface area contributed by atoms with Crippen LogP contribution in [0.4, 0.5) is 57.4 Å². The first-order valence-corrected chi connectivity index (χ1v) is 22.8. The number of nitrogen functional groups attached to an aromatic ring is 1. The molecule has 0 aliphatic heterocycles. The number of halogens is 3. The standard InChI is InChI=1S/C37H32Br2ClN11O8S2/c1-3-51(24-9-4-6-19(2)14-24)37-45-35(40)44-36(46-37)43-21-7-5-8-23(16-21)47-50-32-29(61(57,58)59)15-20-10-12-26(31(41)30(20)33(32)52)48-49-27-17-22(42-34(53)25(39)18-38)11-13-28(27)60(54,55)56/h4-17,25,52H,3,18,41H2,1-2H3,(H,42,53)(H,54,55,56)(H,57,58,59)(H,43,44,45,46)/b49-48+,50-47+. The van der Waals surface area contributed by atoms with E-state index in [1.54, 1.807) is 12.1 Å². The second kappa shape index (κ2) is 18.5. The maximum atomic E-state index is 12.6. The van der Waals surface area contributed by atoms with Gasteiger partial charge in [0.05, 0.1) is 16.8 Å². The largest absolute Gasteiger partial charge is 0.505 e. The lowest BCUT2D eigenvalue weighted by atomic mass is 10.1. The summed E-state index contributed by atoms with van der Waals surface area (Å²) in [4.78, 5) is 25.2. The van der Waals surface area contributed by atoms with Crippen LogP contribution in [0.3, 0.4) is 0 Å². The highest BCUT2D eigenvalue weighted by Gasteiger charge is 2.25. The summed E-state index contributed by atoms with van der Waals surface area (Å²) in [5.41, 5.74) is 7.52. The van der Waals surface area contributed by atoms with Gasteiger partial charge in [-0.05, 0) is 97.1 Å². The number of rotatable bonds is 14. The molecule has 1 atom stereocenters. The Kier molecular flexibility index (Phi) is 13.6. The fraction of sp³-hybridized carbons (Fsp3) is 0.135. The number of hydrogen-bond acceptors (Lipinski definition) is 16. The molecule has 0 aliphatic carbocycles. The smallest absolute Gasteiger partial charge is 0.296 e. The third-order valence-electron chi connectivity index (χ3n) is 8.54. The summed E-state index contributed by atoms with van der Waals surface area (Å²) in [5, 5.41) is 33.2. The number of nitrogens with zero attached hydrogens (tertiary/aromatic N) is 8. The fourth-order valence-electron chi connectivity index (χ4n) is 5.76. The molecule has 0 saturated carbocycles. The van der Waals surface area contributed by atoms with Gasteiger partial charge in [-0.1, -0.05) is 56.1 Å². The number of nitrogens with one attached hydrogen (secondary N) is 2. The maximum absolute atomic E-state index is 12.6. The highest BCUT2D eigenvalue weighted by Crippen LogP contribution is 2.46. The molecule has 1 aromatic heterocycles. The Bertz CT molecular complexity index is 2980. The Hall–Kier alpha value is -5.69. The average Bonchev–Trinajstić information content (AvgIpc) is 3.19. The van der Waals surface area contributed by atoms with Crippen LogP contribution in [-0.4, -0.2) is 68.6 Å². The predicted molar refractivity (Wildman–Crippen MR) is 238 cm³/mol. The number of phenols is 1. The molecule has 1 heterocycles. The van der Waals surface area contributed by atoms with Gasteiger partial charge < -0.3 is 26.4 Å². The number of nitrogens with two attached hydrogens (primary N) is 1. The molecule has 61 heavy (non-hydrogen) atoms. The van der Waals surface area contributed by atoms with Crippen LogP contribution >= 0.6 is 43.5 Å². The zero-order chi connectivity index (χ0) is 44.2. The number of azo groups is 2. The van der Waals surface area contributed by atoms with E-state index in [1.807, 2.05) is 43.0 Å². The molecule has 24 heteroatoms. The van der Waals surface area contributed by atoms with E-state index in [1.165, 1.54) is 30.3 Å². The van der Waals surface area contributed by atoms with Gasteiger partial charge in [0.25, 0.3) is 20.2 Å². The first-order valence-electron chi connectivity index (χ1n) is 17.5. The number of aromatic nitrogens is 3. The molecule has 6 aromatic rings. The molecular weight excluding hydrogens is 986 g/mol. The van der Waals surface area contributed by atoms with E-state index in [0.29, 0.717) is 12.2 Å². The van der Waals surface area contributed by atoms with Gasteiger partial charge in [-0.3, -0.25) is 13.9 Å². The number of amides is 1. The van der Waals surface area contributed by atoms with E-state index in [9.17, 15) is 35.8 Å². The number of anilines is 6. The van der Waals surface area contributed by atoms with Gasteiger partial charge in [0.1, 0.15) is 31.7 Å². The summed E-state index contributed by atoms with van der Waals surface area (Å²) in [6.45, 7) is 4.42. The molecule has 0 spiro atoms. The topological polar surface area (TPSA) is 287 Å². The first kappa shape index (κ1) is 44.9. The minimum Gasteiger partial charge on any atom is -0.505 e. The number of carbonyl (C=O) groups is 1. The monoisotopic (exact) mass is 1010 g/mol. The minimum atomic E-state index is -5.01. The van der Waals surface area contributed by atoms with Crippen molar-refractivity contribution in [2.24, 2.45) is 20.5 Å². The zero-order valence-corrected chi connectivity index (χ0v) is 37.1. The van der Waals surface area contributed by atoms with Crippen molar-refractivity contribution in [3.63, 3.8) is 0 Å². The Morgan fingerprint density at radius 3 is 2.28 bits per heavy atom. The van der Waals surface area contributed by atoms with Crippen molar-refractivity contribution in [1.82, 2.24) is 15.0 Å². The summed E-state index contributed by atoms with van der Waals surface area (Å²) in [6, 6.07) is 21.1. The number of aromatic hydroxyl groups is 1. The van der Waals surface area contributed by atoms with Crippen molar-refractivity contribution < 1.29 is 35.8 Å². The van der Waals surface area contributed by atoms with Crippen LogP contribution in [0.2, 0.25) is 5.28 Å². The predicted octanol–water partition coefficient (Wildman–Crippen LogP) is 9.60. The number of alkyl halides is 2. The van der Waals surface area contributed by atoms with Gasteiger partial charge in [0.2, 0.25) is 23.1 Å². The lowest BCUT2D eigenvalue weighted by Crippen LogP contribution is -2.23. The molecule has 1 amide bonds. The van der Waals surface area contributed by atoms with Crippen molar-refractivity contribution in [2.45, 2.75) is 28.5 Å². The normalized spacial score (nSPS) is 12.6. The van der Waals surface area contributed by atoms with Crippen LogP contribution in [0.25, 0.3) is 10.8 Å². The van der Waals surface area contributed by atoms with Crippen molar-refractivity contribution in [1.29, 1.82) is 0 Å². The maximum Gasteiger partial charge on any atom is 0.296 e. The molecule has 0 saturated heterocycles. The van der Waals surface area contributed by atoms with Crippen molar-refractivity contribution in [3.8, 4) is 5.75 Å². The molecule has 0 radical (unpaired) electrons. The molecule has 316 valence electrons. The van der Waals surface area contributed by atoms with Gasteiger partial charge in [-0.25, -0.2) is 0 Å². The van der Waals surface area contributed by atoms with Crippen LogP contribution in [0, 0.1) is 6.92 Å². The van der Waals surface area contributed by atoms with Gasteiger partial charge in [-0.15, -0.1) is 15.3 Å². The summed E-state index contributed by atoms with van der Waals surface area (Å²) in [7, 11) is -9.84. The van der Waals surface area contributed by atoms with Crippen LogP contribution in [0.5, 0.6) is 5.75 Å². The van der Waals surface area contributed by atoms with E-state index in [4.69, 9.17) is 17.3 Å². The molecule has 19 nitrogen and oxygen atoms in total. The summed E-state index contributed by atoms with van der Waals surface area (Å²) >= 11 is 12.7. The van der Waals surface area contributed by atoms with E-state index in [2.05, 4.69) is 77.9 Å². The lowest BCUT2D eigenvalue weighted by Gasteiger charge is -2.21. The third-order valence-corrected chi connectivity index (χ3v) is 12.7. The first-order chi connectivity index (χ1) is 28.9. The summed E-state index contributed by atoms with van der Waals surface area (Å²) in [6.07, 6.45) is 0. The van der Waals surface area contributed by atoms with Crippen molar-refractivity contribution in [3.05, 3.63) is 95.8 Å². The van der Waals surface area contributed by atoms with Gasteiger partial charge in [0, 0.05) is 28.9 Å². The number of hydrogen-bond donors (Lipinski definition) is 6. The summed E-state index contributed by atoms with van der Waals surface area (Å²) < 4.78 is 69.4. The quantitative estimate of drug-likeness (QED) is 0.0256. The molecule has 5 aromatic carbocycles. The van der Waals surface area contributed by atoms with Crippen LogP contribution in [-0.2, 0) is 25.0 Å². The minimum absolute atomic E-state index is 0.0330. The van der Waals surface area contributed by atoms with Crippen molar-refractivity contribution in [2.75, 3.05) is 33.1 Å². The van der Waals surface area contributed by atoms with Crippen molar-refractivity contribution >= 4 is 138 Å². The second-order valence-corrected chi connectivity index (χ2v) is 17.7. The fourth-order valence-corrected chi connectivity index (χ4v) is 7.59. The summed E-state index contributed by atoms with van der Waals surface area (Å²) in [5.74, 6) is -0.881. The number of fused-ring (bicyclic) bond motifs is 1. The van der Waals surface area contributed by atoms with Gasteiger partial charge >= 0.3 is 0 Å². The molecule has 6 rings (SSSR count). The van der Waals surface area contributed by atoms with Gasteiger partial charge in [0.15, 0.2) is 5.75 Å². The van der Waals surface area contributed by atoms with E-state index < -0.39 is 52.2 Å². The number of carbonyl (C=O) groups excluding carboxylic acids is 1. The Labute approximate surface area is 370 Å². The molecule has 0 aliphatic rings. The molecular formula is C37H32Br2ClN11O8S2. The van der Waals surface area contributed by atoms with E-state index in [-0.39, 0.29) is 61.7 Å². The Morgan fingerprint density at radius 1 is 0.869 bits per heavy atom. The van der Waals surface area contributed by atoms with Crippen LogP contribution in [0.1, 0.15) is 12.5 Å². The highest BCUT2D eigenvalue weighted by atomic mass is 79.9. The van der Waals surface area contributed by atoms with Crippen LogP contribution in [0.15, 0.2) is 115 Å². The molecule has 1 unspecified atom stereocenters. The highest BCUT2D eigenvalue weighted by molar-refractivity contribution is 9.12. The zero-order valence-electron chi connectivity index (χ0n) is 31.6. The second-order valence-electron chi connectivity index (χ2n) is 12.8. The SMILES string of the molecule is CCN(c1cccc(C)c1)c1nc(Cl)nc(Nc2cccc(/N=N/c3c(S(=O)(=O)O)cc4ccc(/N=N/c5cc(NC(=O)C(Br)CBr)ccc5S(=O)(=O)O)c(N)c4c3O)c2)n1. The van der Waals surface area contributed by atoms with Gasteiger partial charge in [-0.2, -0.15) is 36.9 Å². The molecule has 0 bridgehead atoms. The van der Waals surface area contributed by atoms with E-state index in [0.717, 1.165) is 29.4 Å². The number of benzene rings is 5. The Morgan fingerprint density at radius 2 is 1.59 bits per heavy atom. The molecule has 0 fully saturated rings. The van der Waals surface area contributed by atoms with E-state index >= 15 is 0 Å². The molecule has 7 N–H and O–H groups in total. The van der Waals surface area contributed by atoms with Crippen LogP contribution < -0.4 is 21.3 Å². The lowest BCUT2D eigenvalue weighted by molar-refractivity contribution is -0.115. The Balaban J connectivity index is 1.34. The number of phenolic OH excluding ortho intramolecular Hbond substituents is 1. The average molecular weight is 1020 g/mol. The number of aryl methyl sites for hydroxylation is 1.